The summed E-state index contributed by atoms with van der Waals surface area (Å²) in [4.78, 5) is 25.4. The Labute approximate surface area is 163 Å². The zero-order valence-corrected chi connectivity index (χ0v) is 15.9. The fourth-order valence-corrected chi connectivity index (χ4v) is 3.49. The van der Waals surface area contributed by atoms with E-state index in [9.17, 15) is 9.59 Å². The van der Waals surface area contributed by atoms with Crippen molar-refractivity contribution in [3.05, 3.63) is 102 Å². The van der Waals surface area contributed by atoms with E-state index >= 15 is 0 Å². The van der Waals surface area contributed by atoms with Crippen LogP contribution in [0.1, 0.15) is 28.4 Å². The number of ketones is 1. The molecule has 3 aromatic carbocycles. The Bertz CT molecular complexity index is 910. The Morgan fingerprint density at radius 2 is 1.44 bits per heavy atom. The number of hydrogen-bond donors (Lipinski definition) is 1. The molecule has 0 fully saturated rings. The highest BCUT2D eigenvalue weighted by Crippen LogP contribution is 2.22. The molecule has 0 heterocycles. The van der Waals surface area contributed by atoms with Gasteiger partial charge in [-0.25, -0.2) is 0 Å². The van der Waals surface area contributed by atoms with Crippen molar-refractivity contribution in [3.8, 4) is 0 Å². The quantitative estimate of drug-likeness (QED) is 0.579. The summed E-state index contributed by atoms with van der Waals surface area (Å²) in [5.41, 5.74) is 2.83. The summed E-state index contributed by atoms with van der Waals surface area (Å²) >= 11 is 1.57. The van der Waals surface area contributed by atoms with Gasteiger partial charge in [-0.05, 0) is 24.6 Å². The minimum Gasteiger partial charge on any atom is -0.324 e. The van der Waals surface area contributed by atoms with Crippen LogP contribution < -0.4 is 5.32 Å². The molecule has 1 atom stereocenters. The molecule has 0 spiro atoms. The number of anilines is 1. The molecule has 0 aliphatic rings. The third kappa shape index (κ3) is 5.08. The van der Waals surface area contributed by atoms with E-state index in [0.29, 0.717) is 16.8 Å². The van der Waals surface area contributed by atoms with Gasteiger partial charge in [0, 0.05) is 16.9 Å². The molecule has 3 rings (SSSR count). The first-order chi connectivity index (χ1) is 13.1. The van der Waals surface area contributed by atoms with E-state index in [0.717, 1.165) is 5.75 Å². The summed E-state index contributed by atoms with van der Waals surface area (Å²) in [7, 11) is 0. The van der Waals surface area contributed by atoms with Gasteiger partial charge in [0.1, 0.15) is 0 Å². The number of benzene rings is 3. The van der Waals surface area contributed by atoms with E-state index in [-0.39, 0.29) is 16.9 Å². The van der Waals surface area contributed by atoms with Gasteiger partial charge in [-0.15, -0.1) is 11.8 Å². The van der Waals surface area contributed by atoms with Crippen molar-refractivity contribution in [1.29, 1.82) is 0 Å². The Morgan fingerprint density at radius 3 is 2.15 bits per heavy atom. The topological polar surface area (TPSA) is 46.2 Å². The maximum absolute atomic E-state index is 12.8. The molecule has 4 heteroatoms. The van der Waals surface area contributed by atoms with Gasteiger partial charge in [-0.2, -0.15) is 0 Å². The second-order valence-electron chi connectivity index (χ2n) is 6.17. The molecule has 0 unspecified atom stereocenters. The predicted octanol–water partition coefficient (Wildman–Crippen LogP) is 5.18. The van der Waals surface area contributed by atoms with Crippen molar-refractivity contribution < 1.29 is 9.59 Å². The van der Waals surface area contributed by atoms with E-state index < -0.39 is 0 Å². The van der Waals surface area contributed by atoms with Crippen LogP contribution in [0.25, 0.3) is 0 Å². The number of nitrogens with one attached hydrogen (secondary N) is 1. The first kappa shape index (κ1) is 18.9. The fourth-order valence-electron chi connectivity index (χ4n) is 2.64. The van der Waals surface area contributed by atoms with Crippen LogP contribution >= 0.6 is 11.8 Å². The number of amides is 1. The van der Waals surface area contributed by atoms with Gasteiger partial charge < -0.3 is 5.32 Å². The third-order valence-corrected chi connectivity index (χ3v) is 5.39. The molecule has 0 aliphatic heterocycles. The second-order valence-corrected chi connectivity index (χ2v) is 7.50. The summed E-state index contributed by atoms with van der Waals surface area (Å²) in [6.45, 7) is 1.88. The standard InChI is InChI=1S/C23H21NO2S/c1-17(27-16-18-10-4-2-5-11-18)23(26)24-21-15-9-8-14-20(21)22(25)19-12-6-3-7-13-19/h2-15,17H,16H2,1H3,(H,24,26)/t17-/m0/s1. The van der Waals surface area contributed by atoms with Crippen molar-refractivity contribution in [3.63, 3.8) is 0 Å². The zero-order chi connectivity index (χ0) is 19.1. The number of para-hydroxylation sites is 1. The molecular formula is C23H21NO2S. The molecule has 0 radical (unpaired) electrons. The van der Waals surface area contributed by atoms with Gasteiger partial charge in [-0.3, -0.25) is 9.59 Å². The Kier molecular flexibility index (Phi) is 6.44. The Morgan fingerprint density at radius 1 is 0.852 bits per heavy atom. The molecule has 0 aromatic heterocycles. The summed E-state index contributed by atoms with van der Waals surface area (Å²) in [6.07, 6.45) is 0. The third-order valence-electron chi connectivity index (χ3n) is 4.18. The summed E-state index contributed by atoms with van der Waals surface area (Å²) < 4.78 is 0. The largest absolute Gasteiger partial charge is 0.324 e. The molecule has 27 heavy (non-hydrogen) atoms. The minimum atomic E-state index is -0.231. The molecule has 0 bridgehead atoms. The average Bonchev–Trinajstić information content (AvgIpc) is 2.73. The van der Waals surface area contributed by atoms with Gasteiger partial charge >= 0.3 is 0 Å². The molecular weight excluding hydrogens is 354 g/mol. The van der Waals surface area contributed by atoms with Crippen LogP contribution in [0.5, 0.6) is 0 Å². The lowest BCUT2D eigenvalue weighted by molar-refractivity contribution is -0.115. The number of thioether (sulfide) groups is 1. The maximum atomic E-state index is 12.8. The van der Waals surface area contributed by atoms with Crippen molar-refractivity contribution in [2.75, 3.05) is 5.32 Å². The van der Waals surface area contributed by atoms with Crippen LogP contribution in [0.2, 0.25) is 0 Å². The fraction of sp³-hybridized carbons (Fsp3) is 0.130. The van der Waals surface area contributed by atoms with E-state index in [2.05, 4.69) is 5.32 Å². The summed E-state index contributed by atoms with van der Waals surface area (Å²) in [5, 5.41) is 2.69. The van der Waals surface area contributed by atoms with Crippen molar-refractivity contribution in [2.24, 2.45) is 0 Å². The lowest BCUT2D eigenvalue weighted by atomic mass is 10.0. The molecule has 1 N–H and O–H groups in total. The number of carbonyl (C=O) groups is 2. The number of hydrogen-bond acceptors (Lipinski definition) is 3. The van der Waals surface area contributed by atoms with Crippen LogP contribution in [0, 0.1) is 0 Å². The number of carbonyl (C=O) groups excluding carboxylic acids is 2. The molecule has 1 amide bonds. The molecule has 3 aromatic rings. The monoisotopic (exact) mass is 375 g/mol. The van der Waals surface area contributed by atoms with E-state index in [1.165, 1.54) is 5.56 Å². The second kappa shape index (κ2) is 9.19. The molecule has 136 valence electrons. The normalized spacial score (nSPS) is 11.6. The smallest absolute Gasteiger partial charge is 0.237 e. The van der Waals surface area contributed by atoms with Gasteiger partial charge in [0.15, 0.2) is 5.78 Å². The van der Waals surface area contributed by atoms with Crippen LogP contribution in [-0.2, 0) is 10.5 Å². The molecule has 0 saturated heterocycles. The van der Waals surface area contributed by atoms with Crippen LogP contribution in [0.15, 0.2) is 84.9 Å². The highest BCUT2D eigenvalue weighted by molar-refractivity contribution is 7.99. The van der Waals surface area contributed by atoms with Crippen LogP contribution in [0.3, 0.4) is 0 Å². The molecule has 0 saturated carbocycles. The predicted molar refractivity (Wildman–Crippen MR) is 112 cm³/mol. The van der Waals surface area contributed by atoms with E-state index in [1.54, 1.807) is 42.1 Å². The van der Waals surface area contributed by atoms with Gasteiger partial charge in [0.2, 0.25) is 5.91 Å². The van der Waals surface area contributed by atoms with Gasteiger partial charge in [0.25, 0.3) is 0 Å². The first-order valence-electron chi connectivity index (χ1n) is 8.80. The van der Waals surface area contributed by atoms with Crippen molar-refractivity contribution >= 4 is 29.1 Å². The number of rotatable bonds is 7. The molecule has 0 aliphatic carbocycles. The maximum Gasteiger partial charge on any atom is 0.237 e. The van der Waals surface area contributed by atoms with E-state index in [4.69, 9.17) is 0 Å². The average molecular weight is 375 g/mol. The van der Waals surface area contributed by atoms with Crippen LogP contribution in [-0.4, -0.2) is 16.9 Å². The molecule has 3 nitrogen and oxygen atoms in total. The minimum absolute atomic E-state index is 0.101. The lowest BCUT2D eigenvalue weighted by Gasteiger charge is -2.14. The van der Waals surface area contributed by atoms with Gasteiger partial charge in [0.05, 0.1) is 10.9 Å². The Hall–Kier alpha value is -2.85. The van der Waals surface area contributed by atoms with E-state index in [1.807, 2.05) is 61.5 Å². The zero-order valence-electron chi connectivity index (χ0n) is 15.1. The van der Waals surface area contributed by atoms with Crippen LogP contribution in [0.4, 0.5) is 5.69 Å². The van der Waals surface area contributed by atoms with Crippen molar-refractivity contribution in [1.82, 2.24) is 0 Å². The highest BCUT2D eigenvalue weighted by Gasteiger charge is 2.18. The highest BCUT2D eigenvalue weighted by atomic mass is 32.2. The Balaban J connectivity index is 1.68. The first-order valence-corrected chi connectivity index (χ1v) is 9.85. The van der Waals surface area contributed by atoms with Crippen molar-refractivity contribution in [2.45, 2.75) is 17.9 Å². The SMILES string of the molecule is C[C@H](SCc1ccccc1)C(=O)Nc1ccccc1C(=O)c1ccccc1. The summed E-state index contributed by atoms with van der Waals surface area (Å²) in [6, 6.07) is 26.3. The summed E-state index contributed by atoms with van der Waals surface area (Å²) in [5.74, 6) is 0.556. The van der Waals surface area contributed by atoms with Gasteiger partial charge in [-0.1, -0.05) is 72.8 Å². The lowest BCUT2D eigenvalue weighted by Crippen LogP contribution is -2.24.